The van der Waals surface area contributed by atoms with Gasteiger partial charge < -0.3 is 4.98 Å². The Balaban J connectivity index is 1.68. The Hall–Kier alpha value is -1.69. The summed E-state index contributed by atoms with van der Waals surface area (Å²) in [6.07, 6.45) is 1.27. The third-order valence-electron chi connectivity index (χ3n) is 4.97. The number of nitrogens with one attached hydrogen (secondary N) is 1. The van der Waals surface area contributed by atoms with Gasteiger partial charge in [0.05, 0.1) is 11.9 Å². The van der Waals surface area contributed by atoms with Crippen LogP contribution >= 0.6 is 22.9 Å². The number of hydrogen-bond donors (Lipinski definition) is 1. The zero-order valence-electron chi connectivity index (χ0n) is 15.0. The Morgan fingerprint density at radius 2 is 1.96 bits per heavy atom. The first-order valence-corrected chi connectivity index (χ1v) is 10.2. The molecule has 26 heavy (non-hydrogen) atoms. The summed E-state index contributed by atoms with van der Waals surface area (Å²) in [7, 11) is 0. The SMILES string of the molecule is C[C@H]1C[C@H](C)CN(Cc2nc3scc(-c4ccccc4Cl)c3c(=O)[nH]2)C1. The lowest BCUT2D eigenvalue weighted by atomic mass is 9.92. The molecule has 3 heterocycles. The molecule has 0 bridgehead atoms. The van der Waals surface area contributed by atoms with E-state index >= 15 is 0 Å². The lowest BCUT2D eigenvalue weighted by Crippen LogP contribution is -2.38. The third kappa shape index (κ3) is 3.43. The van der Waals surface area contributed by atoms with Gasteiger partial charge in [0.1, 0.15) is 10.7 Å². The average molecular weight is 388 g/mol. The highest BCUT2D eigenvalue weighted by atomic mass is 35.5. The van der Waals surface area contributed by atoms with Crippen LogP contribution in [0.25, 0.3) is 21.3 Å². The molecule has 1 aliphatic heterocycles. The number of fused-ring (bicyclic) bond motifs is 1. The molecule has 1 aliphatic rings. The molecule has 2 aromatic heterocycles. The van der Waals surface area contributed by atoms with Crippen LogP contribution in [0.1, 0.15) is 26.1 Å². The fraction of sp³-hybridized carbons (Fsp3) is 0.400. The molecule has 2 atom stereocenters. The van der Waals surface area contributed by atoms with Crippen molar-refractivity contribution in [3.8, 4) is 11.1 Å². The molecule has 1 fully saturated rings. The highest BCUT2D eigenvalue weighted by Gasteiger charge is 2.23. The molecule has 4 nitrogen and oxygen atoms in total. The van der Waals surface area contributed by atoms with Crippen molar-refractivity contribution < 1.29 is 0 Å². The summed E-state index contributed by atoms with van der Waals surface area (Å²) < 4.78 is 0. The summed E-state index contributed by atoms with van der Waals surface area (Å²) in [5, 5.41) is 3.25. The van der Waals surface area contributed by atoms with Crippen LogP contribution in [0.15, 0.2) is 34.4 Å². The standard InChI is InChI=1S/C20H22ClN3OS/c1-12-7-13(2)9-24(8-12)10-17-22-19(25)18-15(11-26-20(18)23-17)14-5-3-4-6-16(14)21/h3-6,11-13H,7-10H2,1-2H3,(H,22,23,25)/t12-,13-/m0/s1. The first-order chi connectivity index (χ1) is 12.5. The van der Waals surface area contributed by atoms with Crippen molar-refractivity contribution in [2.75, 3.05) is 13.1 Å². The van der Waals surface area contributed by atoms with E-state index in [1.54, 1.807) is 0 Å². The van der Waals surface area contributed by atoms with Crippen LogP contribution < -0.4 is 5.56 Å². The minimum absolute atomic E-state index is 0.0840. The Bertz CT molecular complexity index is 986. The van der Waals surface area contributed by atoms with E-state index < -0.39 is 0 Å². The number of aromatic amines is 1. The van der Waals surface area contributed by atoms with E-state index in [1.165, 1.54) is 17.8 Å². The molecular formula is C20H22ClN3OS. The van der Waals surface area contributed by atoms with Crippen LogP contribution in [0.5, 0.6) is 0 Å². The fourth-order valence-corrected chi connectivity index (χ4v) is 5.27. The molecule has 0 amide bonds. The van der Waals surface area contributed by atoms with Crippen LogP contribution in [0, 0.1) is 11.8 Å². The van der Waals surface area contributed by atoms with Crippen LogP contribution in [0.2, 0.25) is 5.02 Å². The maximum absolute atomic E-state index is 12.8. The van der Waals surface area contributed by atoms with Gasteiger partial charge in [-0.15, -0.1) is 11.3 Å². The number of hydrogen-bond acceptors (Lipinski definition) is 4. The molecule has 0 unspecified atom stereocenters. The van der Waals surface area contributed by atoms with E-state index in [9.17, 15) is 4.79 Å². The summed E-state index contributed by atoms with van der Waals surface area (Å²) in [6, 6.07) is 7.60. The van der Waals surface area contributed by atoms with Crippen LogP contribution in [0.3, 0.4) is 0 Å². The summed E-state index contributed by atoms with van der Waals surface area (Å²) in [4.78, 5) is 23.7. The number of rotatable bonds is 3. The normalized spacial score (nSPS) is 21.3. The second-order valence-electron chi connectivity index (χ2n) is 7.46. The number of nitrogens with zero attached hydrogens (tertiary/aromatic N) is 2. The van der Waals surface area contributed by atoms with E-state index in [1.807, 2.05) is 29.6 Å². The number of benzene rings is 1. The lowest BCUT2D eigenvalue weighted by Gasteiger charge is -2.34. The van der Waals surface area contributed by atoms with Gasteiger partial charge in [0.2, 0.25) is 0 Å². The van der Waals surface area contributed by atoms with Gasteiger partial charge in [-0.3, -0.25) is 9.69 Å². The first kappa shape index (κ1) is 17.7. The third-order valence-corrected chi connectivity index (χ3v) is 6.18. The van der Waals surface area contributed by atoms with Gasteiger partial charge in [0.25, 0.3) is 5.56 Å². The number of piperidine rings is 1. The smallest absolute Gasteiger partial charge is 0.260 e. The Labute approximate surface area is 161 Å². The maximum Gasteiger partial charge on any atom is 0.260 e. The maximum atomic E-state index is 12.8. The molecular weight excluding hydrogens is 366 g/mol. The minimum Gasteiger partial charge on any atom is -0.309 e. The second kappa shape index (κ2) is 7.14. The zero-order valence-corrected chi connectivity index (χ0v) is 16.5. The molecule has 0 aliphatic carbocycles. The average Bonchev–Trinajstić information content (AvgIpc) is 2.98. The first-order valence-electron chi connectivity index (χ1n) is 8.99. The van der Waals surface area contributed by atoms with Gasteiger partial charge in [-0.05, 0) is 24.3 Å². The minimum atomic E-state index is -0.0840. The summed E-state index contributed by atoms with van der Waals surface area (Å²) >= 11 is 7.82. The topological polar surface area (TPSA) is 49.0 Å². The largest absolute Gasteiger partial charge is 0.309 e. The highest BCUT2D eigenvalue weighted by Crippen LogP contribution is 2.35. The van der Waals surface area contributed by atoms with E-state index in [2.05, 4.69) is 23.7 Å². The Morgan fingerprint density at radius 1 is 1.23 bits per heavy atom. The monoisotopic (exact) mass is 387 g/mol. The van der Waals surface area contributed by atoms with Crippen molar-refractivity contribution >= 4 is 33.2 Å². The van der Waals surface area contributed by atoms with Gasteiger partial charge in [0, 0.05) is 34.6 Å². The molecule has 1 saturated heterocycles. The van der Waals surface area contributed by atoms with Crippen molar-refractivity contribution in [2.45, 2.75) is 26.8 Å². The van der Waals surface area contributed by atoms with E-state index in [0.717, 1.165) is 34.9 Å². The van der Waals surface area contributed by atoms with Crippen molar-refractivity contribution in [1.29, 1.82) is 0 Å². The van der Waals surface area contributed by atoms with Gasteiger partial charge in [-0.25, -0.2) is 4.98 Å². The molecule has 0 radical (unpaired) electrons. The van der Waals surface area contributed by atoms with Crippen LogP contribution in [0.4, 0.5) is 0 Å². The summed E-state index contributed by atoms with van der Waals surface area (Å²) in [5.41, 5.74) is 1.65. The highest BCUT2D eigenvalue weighted by molar-refractivity contribution is 7.17. The molecule has 4 rings (SSSR count). The van der Waals surface area contributed by atoms with E-state index in [0.29, 0.717) is 28.8 Å². The van der Waals surface area contributed by atoms with Crippen LogP contribution in [-0.4, -0.2) is 28.0 Å². The lowest BCUT2D eigenvalue weighted by molar-refractivity contribution is 0.131. The predicted molar refractivity (Wildman–Crippen MR) is 109 cm³/mol. The number of H-pyrrole nitrogens is 1. The molecule has 0 spiro atoms. The number of likely N-dealkylation sites (tertiary alicyclic amines) is 1. The van der Waals surface area contributed by atoms with Crippen molar-refractivity contribution in [3.63, 3.8) is 0 Å². The fourth-order valence-electron chi connectivity index (χ4n) is 4.08. The molecule has 1 N–H and O–H groups in total. The second-order valence-corrected chi connectivity index (χ2v) is 8.73. The van der Waals surface area contributed by atoms with Gasteiger partial charge in [-0.2, -0.15) is 0 Å². The summed E-state index contributed by atoms with van der Waals surface area (Å²) in [5.74, 6) is 2.11. The van der Waals surface area contributed by atoms with Crippen molar-refractivity contribution in [1.82, 2.24) is 14.9 Å². The Morgan fingerprint density at radius 3 is 2.69 bits per heavy atom. The van der Waals surface area contributed by atoms with Crippen LogP contribution in [-0.2, 0) is 6.54 Å². The molecule has 0 saturated carbocycles. The summed E-state index contributed by atoms with van der Waals surface area (Å²) in [6.45, 7) is 7.39. The van der Waals surface area contributed by atoms with Crippen molar-refractivity contribution in [3.05, 3.63) is 50.8 Å². The van der Waals surface area contributed by atoms with Crippen molar-refractivity contribution in [2.24, 2.45) is 11.8 Å². The zero-order chi connectivity index (χ0) is 18.3. The van der Waals surface area contributed by atoms with Gasteiger partial charge in [0.15, 0.2) is 0 Å². The number of halogens is 1. The van der Waals surface area contributed by atoms with E-state index in [4.69, 9.17) is 16.6 Å². The Kier molecular flexibility index (Phi) is 4.86. The molecule has 1 aromatic carbocycles. The molecule has 136 valence electrons. The quantitative estimate of drug-likeness (QED) is 0.703. The molecule has 3 aromatic rings. The van der Waals surface area contributed by atoms with Gasteiger partial charge >= 0.3 is 0 Å². The predicted octanol–water partition coefficient (Wildman–Crippen LogP) is 4.78. The molecule has 6 heteroatoms. The van der Waals surface area contributed by atoms with Gasteiger partial charge in [-0.1, -0.05) is 43.6 Å². The number of aromatic nitrogens is 2. The van der Waals surface area contributed by atoms with E-state index in [-0.39, 0.29) is 5.56 Å². The number of thiophene rings is 1.